The Balaban J connectivity index is 3.03. The first-order chi connectivity index (χ1) is 8.25. The van der Waals surface area contributed by atoms with E-state index in [0.717, 1.165) is 0 Å². The number of benzene rings is 1. The number of carboxylic acid groups (broad SMARTS) is 1. The number of hydrogen-bond donors (Lipinski definition) is 3. The maximum atomic E-state index is 11.2. The van der Waals surface area contributed by atoms with Gasteiger partial charge in [0.2, 0.25) is 0 Å². The van der Waals surface area contributed by atoms with Crippen LogP contribution in [0, 0.1) is 16.7 Å². The quantitative estimate of drug-likeness (QED) is 0.713. The van der Waals surface area contributed by atoms with Crippen molar-refractivity contribution in [3.05, 3.63) is 23.8 Å². The molecule has 0 saturated heterocycles. The van der Waals surface area contributed by atoms with Crippen LogP contribution in [-0.2, 0) is 4.79 Å². The lowest BCUT2D eigenvalue weighted by atomic mass is 9.86. The Bertz CT molecular complexity index is 498. The van der Waals surface area contributed by atoms with Crippen LogP contribution in [-0.4, -0.2) is 22.2 Å². The van der Waals surface area contributed by atoms with E-state index in [9.17, 15) is 15.0 Å². The standard InChI is InChI=1S/C13H16N2O3/c1-13(2,3)11(12(17)18)15-9-4-5-10(16)8(6-9)7-14/h4-6,11,15-16H,1-3H3,(H,17,18). The molecule has 0 aliphatic carbocycles. The lowest BCUT2D eigenvalue weighted by Crippen LogP contribution is -2.41. The van der Waals surface area contributed by atoms with Gasteiger partial charge in [-0.3, -0.25) is 0 Å². The highest BCUT2D eigenvalue weighted by Gasteiger charge is 2.31. The fourth-order valence-corrected chi connectivity index (χ4v) is 1.53. The van der Waals surface area contributed by atoms with Crippen molar-refractivity contribution in [1.82, 2.24) is 0 Å². The average molecular weight is 248 g/mol. The van der Waals surface area contributed by atoms with Gasteiger partial charge in [-0.1, -0.05) is 20.8 Å². The van der Waals surface area contributed by atoms with Gasteiger partial charge in [0.15, 0.2) is 0 Å². The first-order valence-corrected chi connectivity index (χ1v) is 5.48. The molecule has 1 aromatic rings. The molecule has 0 heterocycles. The third-order valence-electron chi connectivity index (χ3n) is 2.54. The number of aliphatic carboxylic acids is 1. The minimum atomic E-state index is -0.964. The first kappa shape index (κ1) is 13.8. The molecule has 1 atom stereocenters. The van der Waals surface area contributed by atoms with Gasteiger partial charge in [-0.25, -0.2) is 4.79 Å². The molecular formula is C13H16N2O3. The number of anilines is 1. The molecule has 5 heteroatoms. The average Bonchev–Trinajstić information content (AvgIpc) is 2.25. The van der Waals surface area contributed by atoms with Crippen molar-refractivity contribution in [3.63, 3.8) is 0 Å². The van der Waals surface area contributed by atoms with E-state index in [1.165, 1.54) is 18.2 Å². The van der Waals surface area contributed by atoms with E-state index < -0.39 is 17.4 Å². The van der Waals surface area contributed by atoms with E-state index in [1.807, 2.05) is 26.8 Å². The summed E-state index contributed by atoms with van der Waals surface area (Å²) in [7, 11) is 0. The molecule has 18 heavy (non-hydrogen) atoms. The van der Waals surface area contributed by atoms with E-state index in [0.29, 0.717) is 5.69 Å². The van der Waals surface area contributed by atoms with Gasteiger partial charge >= 0.3 is 5.97 Å². The summed E-state index contributed by atoms with van der Waals surface area (Å²) < 4.78 is 0. The van der Waals surface area contributed by atoms with Crippen LogP contribution in [0.25, 0.3) is 0 Å². The number of carboxylic acids is 1. The molecule has 3 N–H and O–H groups in total. The van der Waals surface area contributed by atoms with Gasteiger partial charge in [0, 0.05) is 5.69 Å². The van der Waals surface area contributed by atoms with E-state index in [1.54, 1.807) is 0 Å². The van der Waals surface area contributed by atoms with E-state index in [4.69, 9.17) is 5.26 Å². The monoisotopic (exact) mass is 248 g/mol. The van der Waals surface area contributed by atoms with E-state index in [2.05, 4.69) is 5.32 Å². The number of hydrogen-bond acceptors (Lipinski definition) is 4. The molecule has 0 saturated carbocycles. The van der Waals surface area contributed by atoms with Crippen LogP contribution < -0.4 is 5.32 Å². The molecule has 0 fully saturated rings. The number of carbonyl (C=O) groups is 1. The molecule has 0 spiro atoms. The second kappa shape index (κ2) is 4.96. The number of nitrogens with zero attached hydrogens (tertiary/aromatic N) is 1. The Morgan fingerprint density at radius 1 is 1.44 bits per heavy atom. The van der Waals surface area contributed by atoms with Gasteiger partial charge in [0.1, 0.15) is 17.9 Å². The van der Waals surface area contributed by atoms with Gasteiger partial charge in [-0.2, -0.15) is 5.26 Å². The minimum absolute atomic E-state index is 0.109. The molecule has 96 valence electrons. The molecule has 0 radical (unpaired) electrons. The smallest absolute Gasteiger partial charge is 0.326 e. The highest BCUT2D eigenvalue weighted by Crippen LogP contribution is 2.26. The highest BCUT2D eigenvalue weighted by atomic mass is 16.4. The third-order valence-corrected chi connectivity index (χ3v) is 2.54. The molecular weight excluding hydrogens is 232 g/mol. The molecule has 0 aliphatic rings. The topological polar surface area (TPSA) is 93.4 Å². The van der Waals surface area contributed by atoms with Gasteiger partial charge in [0.25, 0.3) is 0 Å². The first-order valence-electron chi connectivity index (χ1n) is 5.48. The molecule has 0 aliphatic heterocycles. The van der Waals surface area contributed by atoms with Gasteiger partial charge in [-0.15, -0.1) is 0 Å². The van der Waals surface area contributed by atoms with Crippen LogP contribution in [0.5, 0.6) is 5.75 Å². The summed E-state index contributed by atoms with van der Waals surface area (Å²) >= 11 is 0. The van der Waals surface area contributed by atoms with Crippen molar-refractivity contribution >= 4 is 11.7 Å². The van der Waals surface area contributed by atoms with Crippen molar-refractivity contribution in [2.24, 2.45) is 5.41 Å². The molecule has 0 aromatic heterocycles. The number of phenols is 1. The van der Waals surface area contributed by atoms with Crippen LogP contribution in [0.1, 0.15) is 26.3 Å². The lowest BCUT2D eigenvalue weighted by Gasteiger charge is -2.28. The number of rotatable bonds is 3. The highest BCUT2D eigenvalue weighted by molar-refractivity contribution is 5.78. The second-order valence-corrected chi connectivity index (χ2v) is 5.13. The van der Waals surface area contributed by atoms with Crippen molar-refractivity contribution in [3.8, 4) is 11.8 Å². The third kappa shape index (κ3) is 3.14. The summed E-state index contributed by atoms with van der Waals surface area (Å²) in [5.74, 6) is -1.08. The predicted octanol–water partition coefficient (Wildman–Crippen LogP) is 2.18. The van der Waals surface area contributed by atoms with Crippen molar-refractivity contribution in [2.75, 3.05) is 5.32 Å². The summed E-state index contributed by atoms with van der Waals surface area (Å²) in [6, 6.07) is 5.39. The number of phenolic OH excluding ortho intramolecular Hbond substituents is 1. The van der Waals surface area contributed by atoms with Crippen molar-refractivity contribution < 1.29 is 15.0 Å². The van der Waals surface area contributed by atoms with Crippen LogP contribution >= 0.6 is 0 Å². The summed E-state index contributed by atoms with van der Waals surface area (Å²) in [5, 5.41) is 30.2. The lowest BCUT2D eigenvalue weighted by molar-refractivity contribution is -0.140. The summed E-state index contributed by atoms with van der Waals surface area (Å²) in [6.07, 6.45) is 0. The van der Waals surface area contributed by atoms with Crippen LogP contribution in [0.4, 0.5) is 5.69 Å². The van der Waals surface area contributed by atoms with Gasteiger partial charge in [-0.05, 0) is 23.6 Å². The Morgan fingerprint density at radius 2 is 2.06 bits per heavy atom. The van der Waals surface area contributed by atoms with Crippen molar-refractivity contribution in [2.45, 2.75) is 26.8 Å². The summed E-state index contributed by atoms with van der Waals surface area (Å²) in [6.45, 7) is 5.43. The number of nitrogens with one attached hydrogen (secondary N) is 1. The summed E-state index contributed by atoms with van der Waals surface area (Å²) in [4.78, 5) is 11.2. The van der Waals surface area contributed by atoms with Gasteiger partial charge in [0.05, 0.1) is 5.56 Å². The maximum Gasteiger partial charge on any atom is 0.326 e. The Hall–Kier alpha value is -2.22. The Morgan fingerprint density at radius 3 is 2.50 bits per heavy atom. The van der Waals surface area contributed by atoms with Gasteiger partial charge < -0.3 is 15.5 Å². The molecule has 1 rings (SSSR count). The number of nitriles is 1. The largest absolute Gasteiger partial charge is 0.507 e. The Labute approximate surface area is 106 Å². The van der Waals surface area contributed by atoms with Crippen molar-refractivity contribution in [1.29, 1.82) is 5.26 Å². The number of aromatic hydroxyl groups is 1. The minimum Gasteiger partial charge on any atom is -0.507 e. The zero-order chi connectivity index (χ0) is 13.9. The fourth-order valence-electron chi connectivity index (χ4n) is 1.53. The molecule has 5 nitrogen and oxygen atoms in total. The maximum absolute atomic E-state index is 11.2. The normalized spacial score (nSPS) is 12.6. The summed E-state index contributed by atoms with van der Waals surface area (Å²) in [5.41, 5.74) is 0.126. The zero-order valence-electron chi connectivity index (χ0n) is 10.6. The molecule has 1 unspecified atom stereocenters. The second-order valence-electron chi connectivity index (χ2n) is 5.13. The van der Waals surface area contributed by atoms with E-state index >= 15 is 0 Å². The molecule has 0 bridgehead atoms. The van der Waals surface area contributed by atoms with Crippen LogP contribution in [0.15, 0.2) is 18.2 Å². The zero-order valence-corrected chi connectivity index (χ0v) is 10.6. The van der Waals surface area contributed by atoms with Crippen LogP contribution in [0.3, 0.4) is 0 Å². The molecule has 0 amide bonds. The van der Waals surface area contributed by atoms with E-state index in [-0.39, 0.29) is 11.3 Å². The Kier molecular flexibility index (Phi) is 3.82. The SMILES string of the molecule is CC(C)(C)C(Nc1ccc(O)c(C#N)c1)C(=O)O. The fraction of sp³-hybridized carbons (Fsp3) is 0.385. The predicted molar refractivity (Wildman–Crippen MR) is 67.3 cm³/mol. The molecule has 1 aromatic carbocycles. The van der Waals surface area contributed by atoms with Crippen LogP contribution in [0.2, 0.25) is 0 Å².